The average Bonchev–Trinajstić information content (AvgIpc) is 2.70. The number of hydrogen-bond acceptors (Lipinski definition) is 4. The summed E-state index contributed by atoms with van der Waals surface area (Å²) in [6.07, 6.45) is 7.76. The topological polar surface area (TPSA) is 75.3 Å². The van der Waals surface area contributed by atoms with Crippen LogP contribution in [0.25, 0.3) is 0 Å². The van der Waals surface area contributed by atoms with E-state index in [-0.39, 0.29) is 5.91 Å². The molecule has 27 heavy (non-hydrogen) atoms. The number of carbonyl (C=O) groups excluding carboxylic acids is 1. The summed E-state index contributed by atoms with van der Waals surface area (Å²) in [4.78, 5) is 15.7. The van der Waals surface area contributed by atoms with Crippen LogP contribution in [0, 0.1) is 0 Å². The van der Waals surface area contributed by atoms with Gasteiger partial charge in [-0.15, -0.1) is 0 Å². The lowest BCUT2D eigenvalue weighted by atomic mass is 9.96. The van der Waals surface area contributed by atoms with Crippen LogP contribution in [0.4, 0.5) is 5.69 Å². The van der Waals surface area contributed by atoms with Crippen molar-refractivity contribution < 1.29 is 9.53 Å². The molecule has 0 saturated heterocycles. The third-order valence-corrected chi connectivity index (χ3v) is 4.70. The van der Waals surface area contributed by atoms with Crippen LogP contribution < -0.4 is 20.7 Å². The van der Waals surface area contributed by atoms with Gasteiger partial charge in [-0.2, -0.15) is 0 Å². The number of benzene rings is 1. The molecule has 3 N–H and O–H groups in total. The highest BCUT2D eigenvalue weighted by Gasteiger charge is 2.14. The van der Waals surface area contributed by atoms with Crippen molar-refractivity contribution in [1.29, 1.82) is 0 Å². The Morgan fingerprint density at radius 1 is 1.11 bits per heavy atom. The molecule has 1 heterocycles. The number of nitrogens with one attached hydrogen (secondary N) is 3. The van der Waals surface area contributed by atoms with Gasteiger partial charge in [0.15, 0.2) is 5.11 Å². The molecule has 0 spiro atoms. The van der Waals surface area contributed by atoms with E-state index in [1.54, 1.807) is 25.4 Å². The lowest BCUT2D eigenvalue weighted by Crippen LogP contribution is -2.38. The molecule has 2 aromatic rings. The molecular formula is C20H24N4O2S. The van der Waals surface area contributed by atoms with Crippen LogP contribution in [0.3, 0.4) is 0 Å². The average molecular weight is 385 g/mol. The monoisotopic (exact) mass is 384 g/mol. The van der Waals surface area contributed by atoms with Gasteiger partial charge in [0.1, 0.15) is 17.2 Å². The van der Waals surface area contributed by atoms with E-state index in [1.807, 2.05) is 24.3 Å². The van der Waals surface area contributed by atoms with Crippen LogP contribution in [0.15, 0.2) is 42.6 Å². The first-order valence-corrected chi connectivity index (χ1v) is 9.58. The largest absolute Gasteiger partial charge is 0.457 e. The third kappa shape index (κ3) is 5.65. The molecule has 0 radical (unpaired) electrons. The molecule has 1 fully saturated rings. The Hall–Kier alpha value is -2.67. The number of thiocarbonyl (C=S) groups is 1. The number of hydrogen-bond donors (Lipinski definition) is 3. The summed E-state index contributed by atoms with van der Waals surface area (Å²) >= 11 is 5.41. The van der Waals surface area contributed by atoms with Gasteiger partial charge in [0.2, 0.25) is 0 Å². The van der Waals surface area contributed by atoms with Gasteiger partial charge in [-0.3, -0.25) is 9.78 Å². The summed E-state index contributed by atoms with van der Waals surface area (Å²) in [5.41, 5.74) is 1.21. The summed E-state index contributed by atoms with van der Waals surface area (Å²) in [6, 6.07) is 11.3. The van der Waals surface area contributed by atoms with Gasteiger partial charge < -0.3 is 20.7 Å². The minimum Gasteiger partial charge on any atom is -0.457 e. The number of nitrogens with zero attached hydrogens (tertiary/aromatic N) is 1. The van der Waals surface area contributed by atoms with Gasteiger partial charge in [0, 0.05) is 31.0 Å². The first kappa shape index (κ1) is 19.1. The Bertz CT molecular complexity index is 789. The minimum atomic E-state index is -0.251. The van der Waals surface area contributed by atoms with Crippen LogP contribution >= 0.6 is 12.2 Å². The van der Waals surface area contributed by atoms with E-state index in [4.69, 9.17) is 17.0 Å². The lowest BCUT2D eigenvalue weighted by molar-refractivity contribution is 0.0958. The molecule has 142 valence electrons. The first-order chi connectivity index (χ1) is 13.1. The number of amides is 1. The lowest BCUT2D eigenvalue weighted by Gasteiger charge is -2.24. The van der Waals surface area contributed by atoms with E-state index in [2.05, 4.69) is 20.9 Å². The van der Waals surface area contributed by atoms with Crippen molar-refractivity contribution in [2.45, 2.75) is 38.1 Å². The molecule has 6 nitrogen and oxygen atoms in total. The van der Waals surface area contributed by atoms with Crippen molar-refractivity contribution in [3.63, 3.8) is 0 Å². The minimum absolute atomic E-state index is 0.251. The van der Waals surface area contributed by atoms with Gasteiger partial charge >= 0.3 is 0 Å². The third-order valence-electron chi connectivity index (χ3n) is 4.48. The van der Waals surface area contributed by atoms with Crippen LogP contribution in [0.1, 0.15) is 42.6 Å². The highest BCUT2D eigenvalue weighted by molar-refractivity contribution is 7.80. The second-order valence-corrected chi connectivity index (χ2v) is 6.92. The van der Waals surface area contributed by atoms with Crippen molar-refractivity contribution in [2.75, 3.05) is 12.4 Å². The Balaban J connectivity index is 1.55. The van der Waals surface area contributed by atoms with Crippen LogP contribution in [-0.2, 0) is 0 Å². The summed E-state index contributed by atoms with van der Waals surface area (Å²) < 4.78 is 5.80. The van der Waals surface area contributed by atoms with Gasteiger partial charge in [-0.05, 0) is 55.4 Å². The molecule has 1 aliphatic rings. The van der Waals surface area contributed by atoms with Crippen LogP contribution in [0.2, 0.25) is 0 Å². The van der Waals surface area contributed by atoms with Gasteiger partial charge in [0.05, 0.1) is 0 Å². The summed E-state index contributed by atoms with van der Waals surface area (Å²) in [6.45, 7) is 0. The number of pyridine rings is 1. The fourth-order valence-corrected chi connectivity index (χ4v) is 3.35. The Morgan fingerprint density at radius 2 is 1.85 bits per heavy atom. The van der Waals surface area contributed by atoms with Gasteiger partial charge in [0.25, 0.3) is 5.91 Å². The second kappa shape index (κ2) is 9.32. The van der Waals surface area contributed by atoms with Crippen LogP contribution in [0.5, 0.6) is 11.5 Å². The zero-order chi connectivity index (χ0) is 19.1. The maximum Gasteiger partial charge on any atom is 0.269 e. The highest BCUT2D eigenvalue weighted by Crippen LogP contribution is 2.23. The van der Waals surface area contributed by atoms with Gasteiger partial charge in [-0.1, -0.05) is 19.3 Å². The molecule has 0 aliphatic heterocycles. The molecule has 0 bridgehead atoms. The van der Waals surface area contributed by atoms with E-state index >= 15 is 0 Å². The second-order valence-electron chi connectivity index (χ2n) is 6.52. The predicted octanol–water partition coefficient (Wildman–Crippen LogP) is 3.85. The van der Waals surface area contributed by atoms with E-state index in [0.717, 1.165) is 5.69 Å². The molecule has 1 aliphatic carbocycles. The maximum atomic E-state index is 11.7. The molecular weight excluding hydrogens is 360 g/mol. The molecule has 0 unspecified atom stereocenters. The Kier molecular flexibility index (Phi) is 6.59. The standard InChI is InChI=1S/C20H24N4O2S/c1-21-19(25)18-13-17(11-12-22-18)26-16-9-7-15(8-10-16)24-20(27)23-14-5-3-2-4-6-14/h7-14H,2-6H2,1H3,(H,21,25)(H2,23,24,27). The van der Waals surface area contributed by atoms with Gasteiger partial charge in [-0.25, -0.2) is 0 Å². The Morgan fingerprint density at radius 3 is 2.56 bits per heavy atom. The molecule has 1 saturated carbocycles. The molecule has 1 aromatic heterocycles. The fraction of sp³-hybridized carbons (Fsp3) is 0.350. The van der Waals surface area contributed by atoms with E-state index < -0.39 is 0 Å². The van der Waals surface area contributed by atoms with Crippen molar-refractivity contribution in [1.82, 2.24) is 15.6 Å². The Labute approximate surface area is 164 Å². The zero-order valence-corrected chi connectivity index (χ0v) is 16.1. The summed E-state index contributed by atoms with van der Waals surface area (Å²) in [5.74, 6) is 0.971. The zero-order valence-electron chi connectivity index (χ0n) is 15.3. The first-order valence-electron chi connectivity index (χ1n) is 9.17. The van der Waals surface area contributed by atoms with Crippen molar-refractivity contribution in [2.24, 2.45) is 0 Å². The normalized spacial score (nSPS) is 14.3. The molecule has 7 heteroatoms. The van der Waals surface area contributed by atoms with Crippen molar-refractivity contribution >= 4 is 28.9 Å². The molecule has 1 aromatic carbocycles. The number of ether oxygens (including phenoxy) is 1. The van der Waals surface area contributed by atoms with E-state index in [0.29, 0.717) is 28.3 Å². The molecule has 1 amide bonds. The van der Waals surface area contributed by atoms with E-state index in [1.165, 1.54) is 32.1 Å². The fourth-order valence-electron chi connectivity index (χ4n) is 3.07. The van der Waals surface area contributed by atoms with Crippen molar-refractivity contribution in [3.05, 3.63) is 48.3 Å². The number of rotatable bonds is 5. The van der Waals surface area contributed by atoms with Crippen molar-refractivity contribution in [3.8, 4) is 11.5 Å². The smallest absolute Gasteiger partial charge is 0.269 e. The number of anilines is 1. The van der Waals surface area contributed by atoms with E-state index in [9.17, 15) is 4.79 Å². The summed E-state index contributed by atoms with van der Waals surface area (Å²) in [5, 5.41) is 9.80. The summed E-state index contributed by atoms with van der Waals surface area (Å²) in [7, 11) is 1.57. The predicted molar refractivity (Wildman–Crippen MR) is 110 cm³/mol. The number of carbonyl (C=O) groups is 1. The molecule has 0 atom stereocenters. The maximum absolute atomic E-state index is 11.7. The number of aromatic nitrogens is 1. The molecule has 3 rings (SSSR count). The quantitative estimate of drug-likeness (QED) is 0.680. The SMILES string of the molecule is CNC(=O)c1cc(Oc2ccc(NC(=S)NC3CCCCC3)cc2)ccn1. The van der Waals surface area contributed by atoms with Crippen LogP contribution in [-0.4, -0.2) is 29.1 Å². The highest BCUT2D eigenvalue weighted by atomic mass is 32.1.